The molecular formula is C23H32N2O4S. The number of hydrogen-bond donors (Lipinski definition) is 0. The molecule has 7 heteroatoms. The van der Waals surface area contributed by atoms with Crippen molar-refractivity contribution in [2.24, 2.45) is 0 Å². The average Bonchev–Trinajstić information content (AvgIpc) is 2.91. The van der Waals surface area contributed by atoms with Crippen LogP contribution in [0, 0.1) is 13.8 Å². The van der Waals surface area contributed by atoms with E-state index in [1.165, 1.54) is 5.56 Å². The molecule has 6 nitrogen and oxygen atoms in total. The van der Waals surface area contributed by atoms with Crippen molar-refractivity contribution >= 4 is 16.0 Å². The molecule has 1 saturated heterocycles. The van der Waals surface area contributed by atoms with Gasteiger partial charge in [0.1, 0.15) is 0 Å². The largest absolute Gasteiger partial charge is 0.465 e. The van der Waals surface area contributed by atoms with Gasteiger partial charge in [-0.05, 0) is 55.0 Å². The SMILES string of the molecule is CCOC(=O)CN1CCN(S(=O)(=O)c2cc(C)c3cc(C(C)C)ccc(C)c2-3)CC1. The van der Waals surface area contributed by atoms with Gasteiger partial charge in [0.15, 0.2) is 0 Å². The third-order valence-electron chi connectivity index (χ3n) is 5.79. The second-order valence-corrected chi connectivity index (χ2v) is 10.2. The summed E-state index contributed by atoms with van der Waals surface area (Å²) in [5, 5.41) is 0. The second kappa shape index (κ2) is 9.04. The zero-order chi connectivity index (χ0) is 22.1. The zero-order valence-electron chi connectivity index (χ0n) is 18.6. The summed E-state index contributed by atoms with van der Waals surface area (Å²) in [6.45, 7) is 12.3. The molecule has 1 aliphatic heterocycles. The Morgan fingerprint density at radius 1 is 1.07 bits per heavy atom. The third kappa shape index (κ3) is 4.53. The monoisotopic (exact) mass is 432 g/mol. The lowest BCUT2D eigenvalue weighted by atomic mass is 10.0. The van der Waals surface area contributed by atoms with Gasteiger partial charge in [0, 0.05) is 31.7 Å². The number of piperazine rings is 1. The van der Waals surface area contributed by atoms with Gasteiger partial charge in [0.2, 0.25) is 10.0 Å². The van der Waals surface area contributed by atoms with Crippen LogP contribution in [0.2, 0.25) is 0 Å². The van der Waals surface area contributed by atoms with E-state index < -0.39 is 10.0 Å². The number of rotatable bonds is 6. The van der Waals surface area contributed by atoms with E-state index >= 15 is 0 Å². The molecule has 0 aromatic rings. The molecule has 0 radical (unpaired) electrons. The van der Waals surface area contributed by atoms with E-state index in [0.29, 0.717) is 43.6 Å². The second-order valence-electron chi connectivity index (χ2n) is 8.28. The van der Waals surface area contributed by atoms with Crippen LogP contribution in [0.5, 0.6) is 0 Å². The lowest BCUT2D eigenvalue weighted by Crippen LogP contribution is -2.50. The lowest BCUT2D eigenvalue weighted by molar-refractivity contribution is -0.144. The molecule has 3 rings (SSSR count). The maximum absolute atomic E-state index is 13.5. The van der Waals surface area contributed by atoms with Crippen LogP contribution < -0.4 is 0 Å². The number of aryl methyl sites for hydroxylation is 2. The molecule has 0 amide bonds. The first-order valence-electron chi connectivity index (χ1n) is 10.6. The van der Waals surface area contributed by atoms with Crippen molar-refractivity contribution in [2.45, 2.75) is 45.4 Å². The van der Waals surface area contributed by atoms with E-state index in [2.05, 4.69) is 26.0 Å². The summed E-state index contributed by atoms with van der Waals surface area (Å²) in [6.07, 6.45) is 0. The third-order valence-corrected chi connectivity index (χ3v) is 7.72. The number of nitrogens with zero attached hydrogens (tertiary/aromatic N) is 2. The van der Waals surface area contributed by atoms with Crippen LogP contribution in [0.1, 0.15) is 43.4 Å². The summed E-state index contributed by atoms with van der Waals surface area (Å²) in [5.74, 6) is 0.0948. The van der Waals surface area contributed by atoms with Gasteiger partial charge in [0.25, 0.3) is 0 Å². The minimum Gasteiger partial charge on any atom is -0.465 e. The Hall–Kier alpha value is -1.96. The maximum atomic E-state index is 13.5. The van der Waals surface area contributed by atoms with Gasteiger partial charge >= 0.3 is 5.97 Å². The first kappa shape index (κ1) is 22.7. The molecule has 0 bridgehead atoms. The summed E-state index contributed by atoms with van der Waals surface area (Å²) < 4.78 is 33.6. The van der Waals surface area contributed by atoms with Gasteiger partial charge in [-0.25, -0.2) is 8.42 Å². The van der Waals surface area contributed by atoms with E-state index in [1.807, 2.05) is 30.9 Å². The van der Waals surface area contributed by atoms with Crippen molar-refractivity contribution < 1.29 is 17.9 Å². The number of sulfonamides is 1. The van der Waals surface area contributed by atoms with Crippen LogP contribution in [0.3, 0.4) is 0 Å². The summed E-state index contributed by atoms with van der Waals surface area (Å²) in [6, 6.07) is 8.04. The fourth-order valence-electron chi connectivity index (χ4n) is 4.01. The van der Waals surface area contributed by atoms with Gasteiger partial charge in [0.05, 0.1) is 18.0 Å². The van der Waals surface area contributed by atoms with Gasteiger partial charge < -0.3 is 4.74 Å². The molecule has 30 heavy (non-hydrogen) atoms. The van der Waals surface area contributed by atoms with Gasteiger partial charge in [-0.3, -0.25) is 9.69 Å². The number of esters is 1. The predicted molar refractivity (Wildman–Crippen MR) is 118 cm³/mol. The van der Waals surface area contributed by atoms with Gasteiger partial charge in [-0.15, -0.1) is 0 Å². The van der Waals surface area contributed by atoms with E-state index in [4.69, 9.17) is 4.74 Å². The highest BCUT2D eigenvalue weighted by Gasteiger charge is 2.33. The quantitative estimate of drug-likeness (QED) is 0.655. The molecule has 1 heterocycles. The first-order chi connectivity index (χ1) is 14.1. The summed E-state index contributed by atoms with van der Waals surface area (Å²) >= 11 is 0. The van der Waals surface area contributed by atoms with E-state index in [-0.39, 0.29) is 12.5 Å². The van der Waals surface area contributed by atoms with Gasteiger partial charge in [-0.2, -0.15) is 4.31 Å². The zero-order valence-corrected chi connectivity index (χ0v) is 19.4. The molecule has 164 valence electrons. The maximum Gasteiger partial charge on any atom is 0.320 e. The number of carbonyl (C=O) groups is 1. The topological polar surface area (TPSA) is 66.9 Å². The fraction of sp³-hybridized carbons (Fsp3) is 0.522. The number of carbonyl (C=O) groups excluding carboxylic acids is 1. The number of fused-ring (bicyclic) bond motifs is 1. The van der Waals surface area contributed by atoms with Crippen molar-refractivity contribution in [3.05, 3.63) is 41.0 Å². The van der Waals surface area contributed by atoms with E-state index in [1.54, 1.807) is 11.2 Å². The molecule has 3 aliphatic rings. The molecular weight excluding hydrogens is 400 g/mol. The highest BCUT2D eigenvalue weighted by atomic mass is 32.2. The molecule has 0 spiro atoms. The van der Waals surface area contributed by atoms with Crippen LogP contribution >= 0.6 is 0 Å². The van der Waals surface area contributed by atoms with E-state index in [9.17, 15) is 13.2 Å². The van der Waals surface area contributed by atoms with E-state index in [0.717, 1.165) is 22.3 Å². The van der Waals surface area contributed by atoms with Crippen molar-refractivity contribution in [1.82, 2.24) is 9.21 Å². The fourth-order valence-corrected chi connectivity index (χ4v) is 5.78. The average molecular weight is 433 g/mol. The Morgan fingerprint density at radius 2 is 1.73 bits per heavy atom. The standard InChI is InChI=1S/C23H32N2O4S/c1-6-29-22(26)15-24-9-11-25(12-10-24)30(27,28)21-13-18(5)20-14-19(16(2)3)8-7-17(4)23(20)21/h7-8,13-14,16H,6,9-12,15H2,1-5H3. The lowest BCUT2D eigenvalue weighted by Gasteiger charge is -2.33. The molecule has 0 saturated carbocycles. The highest BCUT2D eigenvalue weighted by molar-refractivity contribution is 7.89. The van der Waals surface area contributed by atoms with Crippen molar-refractivity contribution in [1.29, 1.82) is 0 Å². The molecule has 0 unspecified atom stereocenters. The summed E-state index contributed by atoms with van der Waals surface area (Å²) in [4.78, 5) is 14.0. The van der Waals surface area contributed by atoms with Crippen LogP contribution in [0.4, 0.5) is 0 Å². The highest BCUT2D eigenvalue weighted by Crippen LogP contribution is 2.39. The van der Waals surface area contributed by atoms with Crippen molar-refractivity contribution in [3.8, 4) is 11.1 Å². The Labute approximate surface area is 180 Å². The van der Waals surface area contributed by atoms with Crippen LogP contribution in [0.15, 0.2) is 29.2 Å². The minimum atomic E-state index is -3.63. The Bertz CT molecular complexity index is 993. The van der Waals surface area contributed by atoms with Crippen LogP contribution in [0.25, 0.3) is 11.1 Å². The minimum absolute atomic E-state index is 0.201. The number of hydrogen-bond acceptors (Lipinski definition) is 5. The summed E-state index contributed by atoms with van der Waals surface area (Å²) in [7, 11) is -3.63. The molecule has 0 aromatic carbocycles. The normalized spacial score (nSPS) is 16.3. The predicted octanol–water partition coefficient (Wildman–Crippen LogP) is 3.40. The Balaban J connectivity index is 1.87. The van der Waals surface area contributed by atoms with Crippen molar-refractivity contribution in [3.63, 3.8) is 0 Å². The van der Waals surface area contributed by atoms with Crippen LogP contribution in [-0.4, -0.2) is 62.9 Å². The molecule has 1 fully saturated rings. The first-order valence-corrected chi connectivity index (χ1v) is 12.0. The van der Waals surface area contributed by atoms with Gasteiger partial charge in [-0.1, -0.05) is 32.0 Å². The molecule has 2 aliphatic carbocycles. The smallest absolute Gasteiger partial charge is 0.320 e. The van der Waals surface area contributed by atoms with Crippen molar-refractivity contribution in [2.75, 3.05) is 39.3 Å². The Kier molecular flexibility index (Phi) is 6.84. The molecule has 0 atom stereocenters. The van der Waals surface area contributed by atoms with Crippen LogP contribution in [-0.2, 0) is 19.6 Å². The summed E-state index contributed by atoms with van der Waals surface area (Å²) in [5.41, 5.74) is 4.95. The molecule has 0 N–H and O–H groups in total. The number of ether oxygens (including phenoxy) is 1. The molecule has 0 aromatic heterocycles. The Morgan fingerprint density at radius 3 is 2.33 bits per heavy atom.